The van der Waals surface area contributed by atoms with E-state index in [2.05, 4.69) is 0 Å². The van der Waals surface area contributed by atoms with E-state index in [1.54, 1.807) is 48.5 Å². The number of hydrogen-bond donors (Lipinski definition) is 0. The molecule has 2 aromatic carbocycles. The van der Waals surface area contributed by atoms with E-state index in [9.17, 15) is 14.4 Å². The smallest absolute Gasteiger partial charge is 0.194 e. The lowest BCUT2D eigenvalue weighted by atomic mass is 9.81. The van der Waals surface area contributed by atoms with Gasteiger partial charge in [-0.1, -0.05) is 42.5 Å². The van der Waals surface area contributed by atoms with Crippen LogP contribution in [0.15, 0.2) is 42.5 Å². The van der Waals surface area contributed by atoms with Gasteiger partial charge in [0.25, 0.3) is 0 Å². The standard InChI is InChI=1S/C18H11NO3/c19-9-8-12(20)10-11-4-3-7-15-16(11)18(22)14-6-2-1-5-13(14)17(15)21/h1-7H,8,10H2. The number of nitrogens with zero attached hydrogens (tertiary/aromatic N) is 1. The minimum absolute atomic E-state index is 0.0160. The predicted octanol–water partition coefficient (Wildman–Crippen LogP) is 2.49. The van der Waals surface area contributed by atoms with Crippen LogP contribution >= 0.6 is 0 Å². The van der Waals surface area contributed by atoms with Crippen LogP contribution < -0.4 is 0 Å². The Morgan fingerprint density at radius 3 is 2.23 bits per heavy atom. The Hall–Kier alpha value is -3.06. The number of nitriles is 1. The van der Waals surface area contributed by atoms with Crippen LogP contribution in [0.25, 0.3) is 0 Å². The molecule has 0 bridgehead atoms. The maximum Gasteiger partial charge on any atom is 0.194 e. The summed E-state index contributed by atoms with van der Waals surface area (Å²) in [6.07, 6.45) is -0.222. The molecule has 1 aliphatic carbocycles. The van der Waals surface area contributed by atoms with Crippen LogP contribution in [0.3, 0.4) is 0 Å². The zero-order chi connectivity index (χ0) is 15.7. The average molecular weight is 289 g/mol. The molecular formula is C18H11NO3. The Balaban J connectivity index is 2.13. The highest BCUT2D eigenvalue weighted by Crippen LogP contribution is 2.29. The molecular weight excluding hydrogens is 278 g/mol. The van der Waals surface area contributed by atoms with E-state index in [1.165, 1.54) is 0 Å². The molecule has 0 fully saturated rings. The molecule has 22 heavy (non-hydrogen) atoms. The SMILES string of the molecule is N#CCC(=O)Cc1cccc2c1C(=O)c1ccccc1C2=O. The molecule has 0 atom stereocenters. The largest absolute Gasteiger partial charge is 0.298 e. The number of Topliss-reactive ketones (excluding diaryl/α,β-unsaturated/α-hetero) is 1. The van der Waals surface area contributed by atoms with Gasteiger partial charge in [-0.2, -0.15) is 5.26 Å². The van der Waals surface area contributed by atoms with Crippen molar-refractivity contribution < 1.29 is 14.4 Å². The van der Waals surface area contributed by atoms with Gasteiger partial charge in [-0.3, -0.25) is 14.4 Å². The first-order valence-electron chi connectivity index (χ1n) is 6.82. The van der Waals surface area contributed by atoms with E-state index in [-0.39, 0.29) is 35.8 Å². The first kappa shape index (κ1) is 13.9. The molecule has 4 nitrogen and oxygen atoms in total. The highest BCUT2D eigenvalue weighted by Gasteiger charge is 2.31. The zero-order valence-corrected chi connectivity index (χ0v) is 11.6. The van der Waals surface area contributed by atoms with Crippen LogP contribution in [0.4, 0.5) is 0 Å². The minimum Gasteiger partial charge on any atom is -0.298 e. The highest BCUT2D eigenvalue weighted by atomic mass is 16.1. The summed E-state index contributed by atoms with van der Waals surface area (Å²) in [4.78, 5) is 36.9. The minimum atomic E-state index is -0.269. The summed E-state index contributed by atoms with van der Waals surface area (Å²) >= 11 is 0. The predicted molar refractivity (Wildman–Crippen MR) is 78.7 cm³/mol. The van der Waals surface area contributed by atoms with Gasteiger partial charge in [0.15, 0.2) is 17.3 Å². The maximum absolute atomic E-state index is 12.7. The van der Waals surface area contributed by atoms with Crippen molar-refractivity contribution in [1.82, 2.24) is 0 Å². The molecule has 106 valence electrons. The normalized spacial score (nSPS) is 12.3. The van der Waals surface area contributed by atoms with Gasteiger partial charge in [0.1, 0.15) is 0 Å². The molecule has 2 aromatic rings. The van der Waals surface area contributed by atoms with Crippen molar-refractivity contribution in [1.29, 1.82) is 5.26 Å². The lowest BCUT2D eigenvalue weighted by Crippen LogP contribution is -2.23. The molecule has 0 amide bonds. The van der Waals surface area contributed by atoms with E-state index >= 15 is 0 Å². The molecule has 1 aliphatic rings. The molecule has 0 N–H and O–H groups in total. The molecule has 0 saturated carbocycles. The number of rotatable bonds is 3. The third-order valence-corrected chi connectivity index (χ3v) is 3.70. The summed E-state index contributed by atoms with van der Waals surface area (Å²) in [5.74, 6) is -0.722. The molecule has 4 heteroatoms. The van der Waals surface area contributed by atoms with Gasteiger partial charge in [0.05, 0.1) is 12.5 Å². The van der Waals surface area contributed by atoms with Crippen LogP contribution in [0.1, 0.15) is 43.8 Å². The number of fused-ring (bicyclic) bond motifs is 2. The van der Waals surface area contributed by atoms with Crippen molar-refractivity contribution in [3.8, 4) is 6.07 Å². The fourth-order valence-corrected chi connectivity index (χ4v) is 2.73. The third-order valence-electron chi connectivity index (χ3n) is 3.70. The van der Waals surface area contributed by atoms with Gasteiger partial charge in [0, 0.05) is 28.7 Å². The molecule has 3 rings (SSSR count). The number of benzene rings is 2. The number of carbonyl (C=O) groups excluding carboxylic acids is 3. The number of hydrogen-bond acceptors (Lipinski definition) is 4. The van der Waals surface area contributed by atoms with E-state index in [0.29, 0.717) is 22.3 Å². The summed E-state index contributed by atoms with van der Waals surface area (Å²) in [7, 11) is 0. The van der Waals surface area contributed by atoms with E-state index < -0.39 is 0 Å². The lowest BCUT2D eigenvalue weighted by Gasteiger charge is -2.19. The van der Waals surface area contributed by atoms with Crippen LogP contribution in [0.5, 0.6) is 0 Å². The summed E-state index contributed by atoms with van der Waals surface area (Å²) in [5, 5.41) is 8.59. The Bertz CT molecular complexity index is 859. The van der Waals surface area contributed by atoms with Crippen LogP contribution in [0, 0.1) is 11.3 Å². The second kappa shape index (κ2) is 5.38. The Morgan fingerprint density at radius 1 is 0.909 bits per heavy atom. The molecule has 0 radical (unpaired) electrons. The van der Waals surface area contributed by atoms with Gasteiger partial charge >= 0.3 is 0 Å². The molecule has 0 aliphatic heterocycles. The Kier molecular flexibility index (Phi) is 3.40. The summed E-state index contributed by atoms with van der Waals surface area (Å²) in [5.41, 5.74) is 1.87. The first-order valence-corrected chi connectivity index (χ1v) is 6.82. The number of carbonyl (C=O) groups is 3. The monoisotopic (exact) mass is 289 g/mol. The van der Waals surface area contributed by atoms with Gasteiger partial charge in [-0.15, -0.1) is 0 Å². The molecule has 0 spiro atoms. The molecule has 0 heterocycles. The Morgan fingerprint density at radius 2 is 1.55 bits per heavy atom. The fourth-order valence-electron chi connectivity index (χ4n) is 2.73. The van der Waals surface area contributed by atoms with E-state index in [0.717, 1.165) is 0 Å². The molecule has 0 aromatic heterocycles. The zero-order valence-electron chi connectivity index (χ0n) is 11.6. The van der Waals surface area contributed by atoms with Crippen LogP contribution in [0.2, 0.25) is 0 Å². The van der Waals surface area contributed by atoms with Gasteiger partial charge in [0.2, 0.25) is 0 Å². The van der Waals surface area contributed by atoms with Crippen LogP contribution in [-0.2, 0) is 11.2 Å². The van der Waals surface area contributed by atoms with Gasteiger partial charge < -0.3 is 0 Å². The first-order chi connectivity index (χ1) is 10.6. The quantitative estimate of drug-likeness (QED) is 0.742. The van der Waals surface area contributed by atoms with Crippen LogP contribution in [-0.4, -0.2) is 17.3 Å². The van der Waals surface area contributed by atoms with E-state index in [4.69, 9.17) is 5.26 Å². The topological polar surface area (TPSA) is 75.0 Å². The maximum atomic E-state index is 12.7. The second-order valence-electron chi connectivity index (χ2n) is 5.09. The van der Waals surface area contributed by atoms with E-state index in [1.807, 2.05) is 0 Å². The average Bonchev–Trinajstić information content (AvgIpc) is 2.53. The van der Waals surface area contributed by atoms with Crippen molar-refractivity contribution in [3.05, 3.63) is 70.3 Å². The Labute approximate surface area is 127 Å². The van der Waals surface area contributed by atoms with Gasteiger partial charge in [-0.25, -0.2) is 0 Å². The number of ketones is 3. The summed E-state index contributed by atoms with van der Waals surface area (Å²) < 4.78 is 0. The fraction of sp³-hybridized carbons (Fsp3) is 0.111. The third kappa shape index (κ3) is 2.13. The molecule has 0 saturated heterocycles. The van der Waals surface area contributed by atoms with Crippen molar-refractivity contribution in [2.24, 2.45) is 0 Å². The van der Waals surface area contributed by atoms with Crippen molar-refractivity contribution >= 4 is 17.3 Å². The van der Waals surface area contributed by atoms with Crippen molar-refractivity contribution in [2.45, 2.75) is 12.8 Å². The van der Waals surface area contributed by atoms with Crippen molar-refractivity contribution in [3.63, 3.8) is 0 Å². The summed E-state index contributed by atoms with van der Waals surface area (Å²) in [6, 6.07) is 13.4. The lowest BCUT2D eigenvalue weighted by molar-refractivity contribution is -0.117. The second-order valence-corrected chi connectivity index (χ2v) is 5.09. The van der Waals surface area contributed by atoms with Gasteiger partial charge in [-0.05, 0) is 5.56 Å². The summed E-state index contributed by atoms with van der Waals surface area (Å²) in [6.45, 7) is 0. The highest BCUT2D eigenvalue weighted by molar-refractivity contribution is 6.29. The molecule has 0 unspecified atom stereocenters. The van der Waals surface area contributed by atoms with Crippen molar-refractivity contribution in [2.75, 3.05) is 0 Å².